The summed E-state index contributed by atoms with van der Waals surface area (Å²) in [5.41, 5.74) is 6.40. The summed E-state index contributed by atoms with van der Waals surface area (Å²) in [6.07, 6.45) is 5.60. The van der Waals surface area contributed by atoms with Gasteiger partial charge in [-0.25, -0.2) is 9.37 Å². The highest BCUT2D eigenvalue weighted by Gasteiger charge is 2.40. The Balaban J connectivity index is 1.70. The third kappa shape index (κ3) is 3.63. The van der Waals surface area contributed by atoms with Gasteiger partial charge in [0.2, 0.25) is 0 Å². The van der Waals surface area contributed by atoms with Crippen LogP contribution in [0.2, 0.25) is 0 Å². The highest BCUT2D eigenvalue weighted by molar-refractivity contribution is 6.06. The molecule has 3 aromatic carbocycles. The Hall–Kier alpha value is -3.73. The van der Waals surface area contributed by atoms with E-state index in [0.717, 1.165) is 22.5 Å². The van der Waals surface area contributed by atoms with Gasteiger partial charge in [0.05, 0.1) is 17.7 Å². The quantitative estimate of drug-likeness (QED) is 0.423. The van der Waals surface area contributed by atoms with Crippen molar-refractivity contribution in [1.82, 2.24) is 9.55 Å². The maximum absolute atomic E-state index is 13.7. The lowest BCUT2D eigenvalue weighted by molar-refractivity contribution is 0.526. The largest absolute Gasteiger partial charge is 0.326 e. The van der Waals surface area contributed by atoms with Crippen LogP contribution in [0.4, 0.5) is 10.1 Å². The normalized spacial score (nSPS) is 18.3. The minimum atomic E-state index is -0.260. The van der Waals surface area contributed by atoms with Crippen LogP contribution in [0.25, 0.3) is 0 Å². The first-order valence-corrected chi connectivity index (χ1v) is 10.3. The summed E-state index contributed by atoms with van der Waals surface area (Å²) in [6, 6.07) is 23.3. The topological polar surface area (TPSA) is 33.4 Å². The molecule has 5 rings (SSSR count). The molecule has 4 aromatic rings. The first-order valence-electron chi connectivity index (χ1n) is 10.3. The SMILES string of the molecule is Cc1ccc(C2=NN(c3ccc(F)cc3)[C@H](c3ccc(C)cc3)[C@H]2n2ccnc2)cc1. The van der Waals surface area contributed by atoms with Crippen molar-refractivity contribution in [2.75, 3.05) is 5.01 Å². The van der Waals surface area contributed by atoms with E-state index in [9.17, 15) is 4.39 Å². The maximum atomic E-state index is 13.7. The molecule has 2 atom stereocenters. The fourth-order valence-corrected chi connectivity index (χ4v) is 4.11. The Labute approximate surface area is 181 Å². The Bertz CT molecular complexity index is 1190. The van der Waals surface area contributed by atoms with Crippen LogP contribution in [0.5, 0.6) is 0 Å². The maximum Gasteiger partial charge on any atom is 0.123 e. The molecule has 0 fully saturated rings. The van der Waals surface area contributed by atoms with E-state index >= 15 is 0 Å². The van der Waals surface area contributed by atoms with Gasteiger partial charge in [-0.1, -0.05) is 59.7 Å². The van der Waals surface area contributed by atoms with Crippen molar-refractivity contribution >= 4 is 11.4 Å². The smallest absolute Gasteiger partial charge is 0.123 e. The van der Waals surface area contributed by atoms with Gasteiger partial charge in [-0.3, -0.25) is 5.01 Å². The van der Waals surface area contributed by atoms with E-state index in [1.54, 1.807) is 18.3 Å². The number of imidazole rings is 1. The molecule has 0 amide bonds. The number of hydrazone groups is 1. The van der Waals surface area contributed by atoms with Crippen molar-refractivity contribution in [3.63, 3.8) is 0 Å². The molecule has 0 bridgehead atoms. The second-order valence-corrected chi connectivity index (χ2v) is 7.98. The molecular weight excluding hydrogens is 387 g/mol. The highest BCUT2D eigenvalue weighted by Crippen LogP contribution is 2.43. The highest BCUT2D eigenvalue weighted by atomic mass is 19.1. The number of aryl methyl sites for hydroxylation is 2. The van der Waals surface area contributed by atoms with E-state index in [1.807, 2.05) is 17.5 Å². The molecule has 0 N–H and O–H groups in total. The first kappa shape index (κ1) is 19.2. The predicted molar refractivity (Wildman–Crippen MR) is 122 cm³/mol. The number of hydrogen-bond acceptors (Lipinski definition) is 3. The minimum Gasteiger partial charge on any atom is -0.326 e. The lowest BCUT2D eigenvalue weighted by Gasteiger charge is -2.29. The molecule has 4 nitrogen and oxygen atoms in total. The number of nitrogens with zero attached hydrogens (tertiary/aromatic N) is 4. The lowest BCUT2D eigenvalue weighted by atomic mass is 9.92. The van der Waals surface area contributed by atoms with Gasteiger partial charge in [0, 0.05) is 18.0 Å². The average molecular weight is 410 g/mol. The fraction of sp³-hybridized carbons (Fsp3) is 0.154. The van der Waals surface area contributed by atoms with Crippen molar-refractivity contribution in [3.8, 4) is 0 Å². The Morgan fingerprint density at radius 1 is 0.774 bits per heavy atom. The van der Waals surface area contributed by atoms with E-state index < -0.39 is 0 Å². The summed E-state index contributed by atoms with van der Waals surface area (Å²) in [7, 11) is 0. The molecule has 5 heteroatoms. The zero-order valence-corrected chi connectivity index (χ0v) is 17.5. The van der Waals surface area contributed by atoms with Gasteiger partial charge >= 0.3 is 0 Å². The van der Waals surface area contributed by atoms with Gasteiger partial charge in [0.25, 0.3) is 0 Å². The van der Waals surface area contributed by atoms with Gasteiger partial charge in [-0.05, 0) is 43.7 Å². The lowest BCUT2D eigenvalue weighted by Crippen LogP contribution is -2.28. The number of anilines is 1. The molecule has 0 aliphatic carbocycles. The molecule has 0 radical (unpaired) electrons. The van der Waals surface area contributed by atoms with Crippen molar-refractivity contribution in [3.05, 3.63) is 120 Å². The summed E-state index contributed by atoms with van der Waals surface area (Å²) < 4.78 is 15.8. The molecule has 1 aliphatic heterocycles. The number of aromatic nitrogens is 2. The second-order valence-electron chi connectivity index (χ2n) is 7.98. The number of benzene rings is 3. The van der Waals surface area contributed by atoms with Crippen LogP contribution in [0.15, 0.2) is 96.6 Å². The summed E-state index contributed by atoms with van der Waals surface area (Å²) in [4.78, 5) is 4.30. The molecule has 0 saturated carbocycles. The van der Waals surface area contributed by atoms with E-state index in [-0.39, 0.29) is 17.9 Å². The van der Waals surface area contributed by atoms with Crippen LogP contribution in [-0.2, 0) is 0 Å². The second kappa shape index (κ2) is 7.84. The van der Waals surface area contributed by atoms with E-state index in [0.29, 0.717) is 0 Å². The summed E-state index contributed by atoms with van der Waals surface area (Å²) in [5, 5.41) is 7.09. The van der Waals surface area contributed by atoms with Gasteiger partial charge < -0.3 is 4.57 Å². The summed E-state index contributed by atoms with van der Waals surface area (Å²) >= 11 is 0. The number of hydrogen-bond donors (Lipinski definition) is 0. The molecule has 0 unspecified atom stereocenters. The monoisotopic (exact) mass is 410 g/mol. The van der Waals surface area contributed by atoms with Crippen LogP contribution in [0.3, 0.4) is 0 Å². The van der Waals surface area contributed by atoms with Gasteiger partial charge in [0.15, 0.2) is 0 Å². The standard InChI is InChI=1S/C26H23FN4/c1-18-3-7-20(8-4-18)24-26(30-16-15-28-17-30)25(21-9-5-19(2)6-10-21)31(29-24)23-13-11-22(27)12-14-23/h3-17,25-26H,1-2H3/t25-,26+/m1/s1. The summed E-state index contributed by atoms with van der Waals surface area (Å²) in [6.45, 7) is 4.16. The van der Waals surface area contributed by atoms with E-state index in [2.05, 4.69) is 71.9 Å². The van der Waals surface area contributed by atoms with Crippen LogP contribution in [-0.4, -0.2) is 15.3 Å². The molecule has 154 valence electrons. The number of halogens is 1. The van der Waals surface area contributed by atoms with E-state index in [4.69, 9.17) is 5.10 Å². The average Bonchev–Trinajstić information content (AvgIpc) is 3.43. The predicted octanol–water partition coefficient (Wildman–Crippen LogP) is 5.85. The molecule has 1 aromatic heterocycles. The zero-order valence-electron chi connectivity index (χ0n) is 17.5. The molecule has 31 heavy (non-hydrogen) atoms. The molecule has 0 saturated heterocycles. The Kier molecular flexibility index (Phi) is 4.86. The first-order chi connectivity index (χ1) is 15.1. The molecule has 0 spiro atoms. The van der Waals surface area contributed by atoms with Crippen LogP contribution >= 0.6 is 0 Å². The Morgan fingerprint density at radius 2 is 1.42 bits per heavy atom. The van der Waals surface area contributed by atoms with E-state index in [1.165, 1.54) is 23.3 Å². The molecule has 1 aliphatic rings. The van der Waals surface area contributed by atoms with Crippen LogP contribution < -0.4 is 5.01 Å². The van der Waals surface area contributed by atoms with Gasteiger partial charge in [0.1, 0.15) is 17.9 Å². The minimum absolute atomic E-state index is 0.0852. The fourth-order valence-electron chi connectivity index (χ4n) is 4.11. The van der Waals surface area contributed by atoms with Crippen molar-refractivity contribution in [2.45, 2.75) is 25.9 Å². The van der Waals surface area contributed by atoms with Crippen LogP contribution in [0, 0.1) is 19.7 Å². The third-order valence-electron chi connectivity index (χ3n) is 5.76. The van der Waals surface area contributed by atoms with Crippen molar-refractivity contribution in [2.24, 2.45) is 5.10 Å². The number of rotatable bonds is 4. The van der Waals surface area contributed by atoms with Crippen molar-refractivity contribution in [1.29, 1.82) is 0 Å². The van der Waals surface area contributed by atoms with Crippen LogP contribution in [0.1, 0.15) is 34.3 Å². The molecular formula is C26H23FN4. The van der Waals surface area contributed by atoms with Gasteiger partial charge in [-0.2, -0.15) is 5.10 Å². The zero-order chi connectivity index (χ0) is 21.4. The van der Waals surface area contributed by atoms with Crippen molar-refractivity contribution < 1.29 is 4.39 Å². The summed E-state index contributed by atoms with van der Waals surface area (Å²) in [5.74, 6) is -0.260. The van der Waals surface area contributed by atoms with Gasteiger partial charge in [-0.15, -0.1) is 0 Å². The Morgan fingerprint density at radius 3 is 2.03 bits per heavy atom. The molecule has 2 heterocycles. The third-order valence-corrected chi connectivity index (χ3v) is 5.76.